The zero-order chi connectivity index (χ0) is 16.2. The molecule has 0 N–H and O–H groups in total. The predicted octanol–water partition coefficient (Wildman–Crippen LogP) is 1.78. The van der Waals surface area contributed by atoms with Gasteiger partial charge in [0, 0.05) is 18.2 Å². The van der Waals surface area contributed by atoms with Crippen molar-refractivity contribution in [2.45, 2.75) is 25.0 Å². The molecule has 1 aromatic rings. The summed E-state index contributed by atoms with van der Waals surface area (Å²) in [6.45, 7) is 2.10. The molecule has 0 saturated carbocycles. The van der Waals surface area contributed by atoms with Crippen molar-refractivity contribution in [2.75, 3.05) is 40.6 Å². The first-order valence-electron chi connectivity index (χ1n) is 7.96. The Balaban J connectivity index is 1.82. The van der Waals surface area contributed by atoms with Crippen LogP contribution in [0.5, 0.6) is 11.5 Å². The fourth-order valence-corrected chi connectivity index (χ4v) is 3.26. The maximum Gasteiger partial charge on any atom is 0.254 e. The maximum absolute atomic E-state index is 12.8. The molecule has 2 saturated heterocycles. The molecule has 0 unspecified atom stereocenters. The van der Waals surface area contributed by atoms with E-state index >= 15 is 0 Å². The number of hydrogen-bond acceptors (Lipinski definition) is 5. The highest BCUT2D eigenvalue weighted by molar-refractivity contribution is 5.82. The number of rotatable bonds is 4. The smallest absolute Gasteiger partial charge is 0.254 e. The second-order valence-electron chi connectivity index (χ2n) is 5.73. The molecule has 2 aliphatic rings. The second kappa shape index (κ2) is 7.19. The average Bonchev–Trinajstić information content (AvgIpc) is 3.10. The van der Waals surface area contributed by atoms with Gasteiger partial charge in [0.05, 0.1) is 40.1 Å². The molecular weight excluding hydrogens is 298 g/mol. The number of methoxy groups -OCH3 is 2. The minimum absolute atomic E-state index is 0.00470. The van der Waals surface area contributed by atoms with Gasteiger partial charge in [-0.2, -0.15) is 0 Å². The normalized spacial score (nSPS) is 24.5. The number of nitrogens with zero attached hydrogens (tertiary/aromatic N) is 1. The maximum atomic E-state index is 12.8. The van der Waals surface area contributed by atoms with Crippen LogP contribution in [-0.2, 0) is 14.3 Å². The molecule has 6 heteroatoms. The van der Waals surface area contributed by atoms with E-state index in [1.807, 2.05) is 23.1 Å². The molecule has 0 spiro atoms. The van der Waals surface area contributed by atoms with Gasteiger partial charge in [-0.25, -0.2) is 0 Å². The molecule has 3 rings (SSSR count). The monoisotopic (exact) mass is 321 g/mol. The van der Waals surface area contributed by atoms with E-state index in [0.717, 1.165) is 36.4 Å². The summed E-state index contributed by atoms with van der Waals surface area (Å²) >= 11 is 0. The Kier molecular flexibility index (Phi) is 5.03. The van der Waals surface area contributed by atoms with Crippen LogP contribution in [0.1, 0.15) is 24.4 Å². The first-order chi connectivity index (χ1) is 11.2. The summed E-state index contributed by atoms with van der Waals surface area (Å²) in [6.07, 6.45) is 1.40. The van der Waals surface area contributed by atoms with Gasteiger partial charge in [-0.3, -0.25) is 4.79 Å². The molecule has 2 atom stereocenters. The Labute approximate surface area is 136 Å². The van der Waals surface area contributed by atoms with Crippen LogP contribution >= 0.6 is 0 Å². The average molecular weight is 321 g/mol. The molecule has 0 bridgehead atoms. The molecular formula is C17H23NO5. The zero-order valence-corrected chi connectivity index (χ0v) is 13.6. The molecule has 2 aliphatic heterocycles. The number of carbonyl (C=O) groups excluding carboxylic acids is 1. The van der Waals surface area contributed by atoms with Gasteiger partial charge in [-0.1, -0.05) is 0 Å². The Bertz CT molecular complexity index is 556. The first-order valence-corrected chi connectivity index (χ1v) is 7.96. The van der Waals surface area contributed by atoms with Crippen molar-refractivity contribution in [2.24, 2.45) is 0 Å². The van der Waals surface area contributed by atoms with Gasteiger partial charge in [0.2, 0.25) is 0 Å². The van der Waals surface area contributed by atoms with E-state index in [1.165, 1.54) is 0 Å². The number of carbonyl (C=O) groups is 1. The summed E-state index contributed by atoms with van der Waals surface area (Å²) < 4.78 is 21.7. The molecule has 1 aromatic carbocycles. The van der Waals surface area contributed by atoms with E-state index in [4.69, 9.17) is 18.9 Å². The number of hydrogen-bond donors (Lipinski definition) is 0. The van der Waals surface area contributed by atoms with Crippen molar-refractivity contribution >= 4 is 5.91 Å². The summed E-state index contributed by atoms with van der Waals surface area (Å²) in [5, 5.41) is 0. The van der Waals surface area contributed by atoms with Crippen LogP contribution in [-0.4, -0.2) is 57.5 Å². The van der Waals surface area contributed by atoms with Gasteiger partial charge in [0.1, 0.15) is 11.5 Å². The molecule has 126 valence electrons. The quantitative estimate of drug-likeness (QED) is 0.846. The van der Waals surface area contributed by atoms with Crippen molar-refractivity contribution in [3.8, 4) is 11.5 Å². The highest BCUT2D eigenvalue weighted by Crippen LogP contribution is 2.39. The summed E-state index contributed by atoms with van der Waals surface area (Å²) in [5.41, 5.74) is 1.01. The lowest BCUT2D eigenvalue weighted by molar-refractivity contribution is -0.158. The van der Waals surface area contributed by atoms with Crippen molar-refractivity contribution in [3.05, 3.63) is 23.8 Å². The predicted molar refractivity (Wildman–Crippen MR) is 83.8 cm³/mol. The fraction of sp³-hybridized carbons (Fsp3) is 0.588. The fourth-order valence-electron chi connectivity index (χ4n) is 3.26. The third kappa shape index (κ3) is 3.28. The van der Waals surface area contributed by atoms with Gasteiger partial charge < -0.3 is 23.8 Å². The van der Waals surface area contributed by atoms with Gasteiger partial charge in [0.15, 0.2) is 6.10 Å². The summed E-state index contributed by atoms with van der Waals surface area (Å²) in [5.74, 6) is 1.49. The molecule has 2 heterocycles. The van der Waals surface area contributed by atoms with Crippen LogP contribution in [0.2, 0.25) is 0 Å². The Morgan fingerprint density at radius 1 is 1.26 bits per heavy atom. The van der Waals surface area contributed by atoms with Crippen LogP contribution in [0.15, 0.2) is 18.2 Å². The largest absolute Gasteiger partial charge is 0.497 e. The number of amides is 1. The van der Waals surface area contributed by atoms with Crippen LogP contribution in [0.4, 0.5) is 0 Å². The topological polar surface area (TPSA) is 57.2 Å². The summed E-state index contributed by atoms with van der Waals surface area (Å²) in [7, 11) is 3.26. The Hall–Kier alpha value is -1.79. The van der Waals surface area contributed by atoms with E-state index in [2.05, 4.69) is 0 Å². The van der Waals surface area contributed by atoms with E-state index in [1.54, 1.807) is 14.2 Å². The van der Waals surface area contributed by atoms with Crippen molar-refractivity contribution < 1.29 is 23.7 Å². The van der Waals surface area contributed by atoms with Crippen LogP contribution in [0.25, 0.3) is 0 Å². The number of ether oxygens (including phenoxy) is 4. The van der Waals surface area contributed by atoms with Crippen molar-refractivity contribution in [1.82, 2.24) is 4.90 Å². The van der Waals surface area contributed by atoms with Crippen molar-refractivity contribution in [3.63, 3.8) is 0 Å². The van der Waals surface area contributed by atoms with Gasteiger partial charge in [-0.15, -0.1) is 0 Å². The number of benzene rings is 1. The molecule has 23 heavy (non-hydrogen) atoms. The van der Waals surface area contributed by atoms with E-state index in [9.17, 15) is 4.79 Å². The molecule has 0 radical (unpaired) electrons. The summed E-state index contributed by atoms with van der Waals surface area (Å²) in [4.78, 5) is 14.7. The van der Waals surface area contributed by atoms with Crippen LogP contribution < -0.4 is 9.47 Å². The first kappa shape index (κ1) is 16.1. The Morgan fingerprint density at radius 3 is 2.83 bits per heavy atom. The Morgan fingerprint density at radius 2 is 2.13 bits per heavy atom. The van der Waals surface area contributed by atoms with Gasteiger partial charge >= 0.3 is 0 Å². The zero-order valence-electron chi connectivity index (χ0n) is 13.6. The standard InChI is InChI=1S/C17H23NO5/c1-20-12-5-6-13(15(10-12)21-2)14-4-3-7-18(14)17(19)16-11-22-8-9-23-16/h5-6,10,14,16H,3-4,7-9,11H2,1-2H3/t14-,16-/m0/s1. The molecule has 6 nitrogen and oxygen atoms in total. The molecule has 1 amide bonds. The van der Waals surface area contributed by atoms with E-state index in [-0.39, 0.29) is 11.9 Å². The second-order valence-corrected chi connectivity index (χ2v) is 5.73. The molecule has 2 fully saturated rings. The minimum atomic E-state index is -0.492. The van der Waals surface area contributed by atoms with Crippen LogP contribution in [0, 0.1) is 0 Å². The third-order valence-corrected chi connectivity index (χ3v) is 4.43. The van der Waals surface area contributed by atoms with E-state index in [0.29, 0.717) is 19.8 Å². The van der Waals surface area contributed by atoms with Crippen LogP contribution in [0.3, 0.4) is 0 Å². The minimum Gasteiger partial charge on any atom is -0.497 e. The lowest BCUT2D eigenvalue weighted by Crippen LogP contribution is -2.45. The number of likely N-dealkylation sites (tertiary alicyclic amines) is 1. The third-order valence-electron chi connectivity index (χ3n) is 4.43. The van der Waals surface area contributed by atoms with E-state index < -0.39 is 6.10 Å². The van der Waals surface area contributed by atoms with Gasteiger partial charge in [-0.05, 0) is 25.0 Å². The lowest BCUT2D eigenvalue weighted by Gasteiger charge is -2.31. The molecule has 0 aromatic heterocycles. The molecule has 0 aliphatic carbocycles. The lowest BCUT2D eigenvalue weighted by atomic mass is 10.0. The highest BCUT2D eigenvalue weighted by atomic mass is 16.6. The SMILES string of the molecule is COc1ccc([C@@H]2CCCN2C(=O)[C@@H]2COCCO2)c(OC)c1. The van der Waals surface area contributed by atoms with Crippen molar-refractivity contribution in [1.29, 1.82) is 0 Å². The highest BCUT2D eigenvalue weighted by Gasteiger charge is 2.36. The summed E-state index contributed by atoms with van der Waals surface area (Å²) in [6, 6.07) is 5.75. The van der Waals surface area contributed by atoms with Gasteiger partial charge in [0.25, 0.3) is 5.91 Å².